The second kappa shape index (κ2) is 4.99. The van der Waals surface area contributed by atoms with Crippen molar-refractivity contribution in [2.45, 2.75) is 32.4 Å². The van der Waals surface area contributed by atoms with Gasteiger partial charge in [0, 0.05) is 10.7 Å². The van der Waals surface area contributed by atoms with Crippen molar-refractivity contribution in [3.63, 3.8) is 0 Å². The molecule has 15 heavy (non-hydrogen) atoms. The predicted octanol–water partition coefficient (Wildman–Crippen LogP) is 2.88. The van der Waals surface area contributed by atoms with Crippen LogP contribution in [0.1, 0.15) is 30.5 Å². The Morgan fingerprint density at radius 1 is 1.13 bits per heavy atom. The average Bonchev–Trinajstić information content (AvgIpc) is 2.15. The summed E-state index contributed by atoms with van der Waals surface area (Å²) in [6.45, 7) is 4.15. The fourth-order valence-electron chi connectivity index (χ4n) is 1.64. The number of halogens is 1. The highest BCUT2D eigenvalue weighted by atomic mass is 35.7. The molecule has 0 aliphatic heterocycles. The van der Waals surface area contributed by atoms with Crippen molar-refractivity contribution in [1.29, 1.82) is 0 Å². The molecule has 0 atom stereocenters. The zero-order valence-electron chi connectivity index (χ0n) is 8.96. The van der Waals surface area contributed by atoms with Gasteiger partial charge in [-0.05, 0) is 29.5 Å². The lowest BCUT2D eigenvalue weighted by molar-refractivity contribution is 0.609. The fraction of sp³-hybridized carbons (Fsp3) is 0.455. The zero-order valence-corrected chi connectivity index (χ0v) is 10.5. The Morgan fingerprint density at radius 2 is 1.73 bits per heavy atom. The highest BCUT2D eigenvalue weighted by Gasteiger charge is 2.08. The summed E-state index contributed by atoms with van der Waals surface area (Å²) in [7, 11) is 1.76. The maximum absolute atomic E-state index is 10.9. The molecule has 0 saturated carbocycles. The third kappa shape index (κ3) is 3.84. The van der Waals surface area contributed by atoms with E-state index in [-0.39, 0.29) is 5.75 Å². The first-order chi connectivity index (χ1) is 6.96. The van der Waals surface area contributed by atoms with Crippen LogP contribution in [0.3, 0.4) is 0 Å². The van der Waals surface area contributed by atoms with Gasteiger partial charge in [-0.15, -0.1) is 0 Å². The molecule has 0 aliphatic rings. The SMILES string of the molecule is CCc1ccc(CS(=O)(=O)Cl)cc1CC. The van der Waals surface area contributed by atoms with Crippen LogP contribution in [0.2, 0.25) is 0 Å². The van der Waals surface area contributed by atoms with Gasteiger partial charge in [0.2, 0.25) is 9.05 Å². The molecule has 0 unspecified atom stereocenters. The molecule has 0 spiro atoms. The van der Waals surface area contributed by atoms with E-state index in [2.05, 4.69) is 13.8 Å². The van der Waals surface area contributed by atoms with Crippen LogP contribution in [0.15, 0.2) is 18.2 Å². The first-order valence-corrected chi connectivity index (χ1v) is 7.47. The molecule has 0 aliphatic carbocycles. The van der Waals surface area contributed by atoms with Crippen molar-refractivity contribution < 1.29 is 8.42 Å². The highest BCUT2D eigenvalue weighted by molar-refractivity contribution is 8.13. The number of benzene rings is 1. The fourth-order valence-corrected chi connectivity index (χ4v) is 2.60. The minimum absolute atomic E-state index is 0.0917. The number of aryl methyl sites for hydroxylation is 2. The quantitative estimate of drug-likeness (QED) is 0.766. The summed E-state index contributed by atoms with van der Waals surface area (Å²) in [5.41, 5.74) is 3.24. The van der Waals surface area contributed by atoms with Gasteiger partial charge in [0.1, 0.15) is 0 Å². The molecule has 1 aromatic carbocycles. The van der Waals surface area contributed by atoms with Gasteiger partial charge in [-0.1, -0.05) is 32.0 Å². The van der Waals surface area contributed by atoms with Gasteiger partial charge in [-0.3, -0.25) is 0 Å². The Morgan fingerprint density at radius 3 is 2.20 bits per heavy atom. The topological polar surface area (TPSA) is 34.1 Å². The van der Waals surface area contributed by atoms with Gasteiger partial charge >= 0.3 is 0 Å². The van der Waals surface area contributed by atoms with E-state index in [1.807, 2.05) is 18.2 Å². The second-order valence-electron chi connectivity index (χ2n) is 3.49. The van der Waals surface area contributed by atoms with Crippen LogP contribution in [0.5, 0.6) is 0 Å². The smallest absolute Gasteiger partial charge is 0.212 e. The van der Waals surface area contributed by atoms with Crippen LogP contribution >= 0.6 is 10.7 Å². The van der Waals surface area contributed by atoms with E-state index in [0.29, 0.717) is 0 Å². The van der Waals surface area contributed by atoms with Crippen LogP contribution in [0, 0.1) is 0 Å². The molecule has 0 N–H and O–H groups in total. The zero-order chi connectivity index (χ0) is 11.5. The summed E-state index contributed by atoms with van der Waals surface area (Å²) in [4.78, 5) is 0. The van der Waals surface area contributed by atoms with Crippen molar-refractivity contribution in [2.75, 3.05) is 0 Å². The molecule has 2 nitrogen and oxygen atoms in total. The molecule has 0 radical (unpaired) electrons. The van der Waals surface area contributed by atoms with Crippen LogP contribution in [-0.2, 0) is 27.6 Å². The lowest BCUT2D eigenvalue weighted by atomic mass is 10.0. The van der Waals surface area contributed by atoms with Gasteiger partial charge in [0.15, 0.2) is 0 Å². The minimum Gasteiger partial charge on any atom is -0.212 e. The van der Waals surface area contributed by atoms with E-state index in [0.717, 1.165) is 18.4 Å². The number of rotatable bonds is 4. The van der Waals surface area contributed by atoms with E-state index >= 15 is 0 Å². The van der Waals surface area contributed by atoms with Crippen molar-refractivity contribution in [1.82, 2.24) is 0 Å². The third-order valence-electron chi connectivity index (χ3n) is 2.37. The van der Waals surface area contributed by atoms with Gasteiger partial charge < -0.3 is 0 Å². The summed E-state index contributed by atoms with van der Waals surface area (Å²) in [6, 6.07) is 5.74. The summed E-state index contributed by atoms with van der Waals surface area (Å²) >= 11 is 0. The van der Waals surface area contributed by atoms with Gasteiger partial charge in [0.05, 0.1) is 5.75 Å². The molecule has 1 rings (SSSR count). The number of hydrogen-bond acceptors (Lipinski definition) is 2. The minimum atomic E-state index is -3.45. The largest absolute Gasteiger partial charge is 0.236 e. The molecule has 4 heteroatoms. The molecule has 84 valence electrons. The van der Waals surface area contributed by atoms with Crippen LogP contribution in [0.25, 0.3) is 0 Å². The molecule has 0 saturated heterocycles. The molecular weight excluding hydrogens is 232 g/mol. The Labute approximate surface area is 95.7 Å². The Kier molecular flexibility index (Phi) is 4.17. The van der Waals surface area contributed by atoms with E-state index in [4.69, 9.17) is 10.7 Å². The summed E-state index contributed by atoms with van der Waals surface area (Å²) in [5.74, 6) is -0.0917. The van der Waals surface area contributed by atoms with Gasteiger partial charge in [0.25, 0.3) is 0 Å². The maximum atomic E-state index is 10.9. The molecule has 0 bridgehead atoms. The Balaban J connectivity index is 3.03. The maximum Gasteiger partial charge on any atom is 0.236 e. The third-order valence-corrected chi connectivity index (χ3v) is 3.38. The van der Waals surface area contributed by atoms with Crippen molar-refractivity contribution in [2.24, 2.45) is 0 Å². The van der Waals surface area contributed by atoms with Crippen LogP contribution in [0.4, 0.5) is 0 Å². The normalized spacial score (nSPS) is 11.7. The lowest BCUT2D eigenvalue weighted by Gasteiger charge is -2.07. The molecule has 0 amide bonds. The molecular formula is C11H15ClO2S. The highest BCUT2D eigenvalue weighted by Crippen LogP contribution is 2.16. The van der Waals surface area contributed by atoms with E-state index in [1.165, 1.54) is 11.1 Å². The lowest BCUT2D eigenvalue weighted by Crippen LogP contribution is -1.98. The molecule has 0 aromatic heterocycles. The van der Waals surface area contributed by atoms with Gasteiger partial charge in [-0.25, -0.2) is 8.42 Å². The molecule has 1 aromatic rings. The Hall–Kier alpha value is -0.540. The van der Waals surface area contributed by atoms with Crippen LogP contribution in [-0.4, -0.2) is 8.42 Å². The monoisotopic (exact) mass is 246 g/mol. The summed E-state index contributed by atoms with van der Waals surface area (Å²) < 4.78 is 21.8. The van der Waals surface area contributed by atoms with Gasteiger partial charge in [-0.2, -0.15) is 0 Å². The molecule has 0 heterocycles. The Bertz CT molecular complexity index is 438. The van der Waals surface area contributed by atoms with E-state index < -0.39 is 9.05 Å². The second-order valence-corrected chi connectivity index (χ2v) is 6.27. The predicted molar refractivity (Wildman–Crippen MR) is 63.7 cm³/mol. The van der Waals surface area contributed by atoms with E-state index in [1.54, 1.807) is 0 Å². The van der Waals surface area contributed by atoms with Crippen molar-refractivity contribution in [3.8, 4) is 0 Å². The average molecular weight is 247 g/mol. The summed E-state index contributed by atoms with van der Waals surface area (Å²) in [6.07, 6.45) is 1.89. The first-order valence-electron chi connectivity index (χ1n) is 4.99. The standard InChI is InChI=1S/C11H15ClO2S/c1-3-10-6-5-9(7-11(10)4-2)8-15(12,13)14/h5-7H,3-4,8H2,1-2H3. The molecule has 0 fully saturated rings. The van der Waals surface area contributed by atoms with Crippen molar-refractivity contribution in [3.05, 3.63) is 34.9 Å². The number of hydrogen-bond donors (Lipinski definition) is 0. The van der Waals surface area contributed by atoms with Crippen LogP contribution < -0.4 is 0 Å². The van der Waals surface area contributed by atoms with E-state index in [9.17, 15) is 8.42 Å². The summed E-state index contributed by atoms with van der Waals surface area (Å²) in [5, 5.41) is 0. The first kappa shape index (κ1) is 12.5. The van der Waals surface area contributed by atoms with Crippen molar-refractivity contribution >= 4 is 19.7 Å².